The third-order valence-corrected chi connectivity index (χ3v) is 7.43. The molecule has 1 heterocycles. The van der Waals surface area contributed by atoms with Crippen molar-refractivity contribution in [2.24, 2.45) is 0 Å². The predicted molar refractivity (Wildman–Crippen MR) is 165 cm³/mol. The summed E-state index contributed by atoms with van der Waals surface area (Å²) in [4.78, 5) is 15.2. The molecular formula is C31H44BrFN2O2S. The van der Waals surface area contributed by atoms with Crippen molar-refractivity contribution in [2.75, 3.05) is 17.8 Å². The number of rotatable bonds is 18. The van der Waals surface area contributed by atoms with Gasteiger partial charge in [0, 0.05) is 18.4 Å². The number of anilines is 1. The Labute approximate surface area is 243 Å². The Morgan fingerprint density at radius 3 is 2.26 bits per heavy atom. The van der Waals surface area contributed by atoms with Crippen molar-refractivity contribution < 1.29 is 13.9 Å². The molecule has 0 saturated carbocycles. The lowest BCUT2D eigenvalue weighted by Gasteiger charge is -2.16. The van der Waals surface area contributed by atoms with E-state index in [1.54, 1.807) is 23.9 Å². The number of benzene rings is 2. The largest absolute Gasteiger partial charge is 0.490 e. The zero-order valence-corrected chi connectivity index (χ0v) is 25.3. The van der Waals surface area contributed by atoms with Crippen LogP contribution in [0.25, 0.3) is 0 Å². The number of carbonyl (C=O) groups is 1. The molecule has 0 spiro atoms. The molecule has 0 aliphatic carbocycles. The van der Waals surface area contributed by atoms with Crippen LogP contribution in [-0.2, 0) is 6.54 Å². The van der Waals surface area contributed by atoms with E-state index >= 15 is 0 Å². The number of amides is 1. The van der Waals surface area contributed by atoms with Gasteiger partial charge in [0.1, 0.15) is 0 Å². The molecule has 0 saturated heterocycles. The minimum Gasteiger partial charge on any atom is -0.490 e. The summed E-state index contributed by atoms with van der Waals surface area (Å²) in [6.07, 6.45) is 17.2. The number of halogens is 2. The van der Waals surface area contributed by atoms with E-state index in [-0.39, 0.29) is 34.2 Å². The van der Waals surface area contributed by atoms with Crippen molar-refractivity contribution in [3.63, 3.8) is 0 Å². The van der Waals surface area contributed by atoms with E-state index in [2.05, 4.69) is 28.7 Å². The summed E-state index contributed by atoms with van der Waals surface area (Å²) in [6, 6.07) is 12.3. The molecule has 0 aromatic heterocycles. The molecule has 1 N–H and O–H groups in total. The Bertz CT molecular complexity index is 988. The monoisotopic (exact) mass is 606 g/mol. The van der Waals surface area contributed by atoms with E-state index in [4.69, 9.17) is 4.74 Å². The number of ether oxygens (including phenoxy) is 1. The zero-order valence-electron chi connectivity index (χ0n) is 22.8. The summed E-state index contributed by atoms with van der Waals surface area (Å²) in [5.41, 5.74) is 2.02. The Hall–Kier alpha value is -1.99. The first kappa shape index (κ1) is 32.2. The smallest absolute Gasteiger partial charge is 0.259 e. The number of para-hydroxylation sites is 1. The number of unbranched alkanes of at least 4 members (excludes halogenated alkanes) is 11. The van der Waals surface area contributed by atoms with Crippen molar-refractivity contribution in [1.82, 2.24) is 4.90 Å². The summed E-state index contributed by atoms with van der Waals surface area (Å²) in [5.74, 6) is 0.106. The van der Waals surface area contributed by atoms with Gasteiger partial charge in [-0.25, -0.2) is 4.39 Å². The van der Waals surface area contributed by atoms with Crippen molar-refractivity contribution in [3.8, 4) is 5.75 Å². The highest BCUT2D eigenvalue weighted by Gasteiger charge is 2.17. The van der Waals surface area contributed by atoms with Gasteiger partial charge in [-0.05, 0) is 41.7 Å². The lowest BCUT2D eigenvalue weighted by atomic mass is 10.1. The first-order valence-electron chi connectivity index (χ1n) is 14.0. The molecule has 2 aromatic carbocycles. The molecule has 3 rings (SSSR count). The molecule has 0 fully saturated rings. The number of carbonyl (C=O) groups excluding carboxylic acids is 1. The molecule has 0 atom stereocenters. The summed E-state index contributed by atoms with van der Waals surface area (Å²) >= 11 is 1.76. The zero-order chi connectivity index (χ0) is 26.1. The van der Waals surface area contributed by atoms with Gasteiger partial charge in [0.05, 0.1) is 18.0 Å². The Morgan fingerprint density at radius 2 is 1.61 bits per heavy atom. The van der Waals surface area contributed by atoms with Gasteiger partial charge in [-0.2, -0.15) is 0 Å². The highest BCUT2D eigenvalue weighted by atomic mass is 79.9. The second kappa shape index (κ2) is 19.1. The minimum absolute atomic E-state index is 0. The highest BCUT2D eigenvalue weighted by Crippen LogP contribution is 2.25. The molecule has 210 valence electrons. The average Bonchev–Trinajstić information content (AvgIpc) is 3.40. The van der Waals surface area contributed by atoms with E-state index in [0.717, 1.165) is 30.8 Å². The summed E-state index contributed by atoms with van der Waals surface area (Å²) in [6.45, 7) is 3.45. The van der Waals surface area contributed by atoms with E-state index in [0.29, 0.717) is 12.3 Å². The maximum Gasteiger partial charge on any atom is 0.259 e. The Balaban J connectivity index is 0.00000507. The molecule has 2 aromatic rings. The SMILES string of the molecule is Br.CCCCCCCCCCCCCCOc1c(F)cccc1C(=O)Nc1cccc(CN2C=CSC2)c1. The van der Waals surface area contributed by atoms with E-state index in [1.165, 1.54) is 70.3 Å². The lowest BCUT2D eigenvalue weighted by molar-refractivity contribution is 0.102. The van der Waals surface area contributed by atoms with Crippen LogP contribution < -0.4 is 10.1 Å². The van der Waals surface area contributed by atoms with Crippen molar-refractivity contribution in [2.45, 2.75) is 90.5 Å². The fourth-order valence-electron chi connectivity index (χ4n) is 4.54. The van der Waals surface area contributed by atoms with Crippen LogP contribution in [0.5, 0.6) is 5.75 Å². The molecule has 0 bridgehead atoms. The van der Waals surface area contributed by atoms with Gasteiger partial charge < -0.3 is 15.0 Å². The molecule has 38 heavy (non-hydrogen) atoms. The van der Waals surface area contributed by atoms with Crippen LogP contribution in [0.1, 0.15) is 99.9 Å². The maximum absolute atomic E-state index is 14.6. The van der Waals surface area contributed by atoms with Crippen LogP contribution in [-0.4, -0.2) is 23.3 Å². The third-order valence-electron chi connectivity index (χ3n) is 6.63. The van der Waals surface area contributed by atoms with Crippen LogP contribution >= 0.6 is 28.7 Å². The normalized spacial score (nSPS) is 12.4. The second-order valence-electron chi connectivity index (χ2n) is 9.84. The average molecular weight is 608 g/mol. The lowest BCUT2D eigenvalue weighted by Crippen LogP contribution is -2.16. The van der Waals surface area contributed by atoms with Gasteiger partial charge in [0.2, 0.25) is 0 Å². The molecule has 1 aliphatic rings. The predicted octanol–water partition coefficient (Wildman–Crippen LogP) is 9.71. The second-order valence-corrected chi connectivity index (χ2v) is 10.7. The fraction of sp³-hybridized carbons (Fsp3) is 0.516. The molecule has 7 heteroatoms. The van der Waals surface area contributed by atoms with Gasteiger partial charge in [0.25, 0.3) is 5.91 Å². The van der Waals surface area contributed by atoms with Crippen LogP contribution in [0.3, 0.4) is 0 Å². The Morgan fingerprint density at radius 1 is 0.947 bits per heavy atom. The summed E-state index contributed by atoms with van der Waals surface area (Å²) in [5, 5.41) is 4.99. The molecular weight excluding hydrogens is 563 g/mol. The van der Waals surface area contributed by atoms with Crippen molar-refractivity contribution in [1.29, 1.82) is 0 Å². The van der Waals surface area contributed by atoms with E-state index in [1.807, 2.05) is 24.3 Å². The number of nitrogens with one attached hydrogen (secondary N) is 1. The molecule has 0 unspecified atom stereocenters. The van der Waals surface area contributed by atoms with Crippen molar-refractivity contribution in [3.05, 3.63) is 71.0 Å². The van der Waals surface area contributed by atoms with Gasteiger partial charge in [0.15, 0.2) is 11.6 Å². The first-order valence-corrected chi connectivity index (χ1v) is 15.1. The molecule has 0 radical (unpaired) electrons. The third kappa shape index (κ3) is 11.8. The Kier molecular flexibility index (Phi) is 16.2. The number of hydrogen-bond acceptors (Lipinski definition) is 4. The van der Waals surface area contributed by atoms with Gasteiger partial charge in [-0.1, -0.05) is 95.8 Å². The number of nitrogens with zero attached hydrogens (tertiary/aromatic N) is 1. The summed E-state index contributed by atoms with van der Waals surface area (Å²) in [7, 11) is 0. The van der Waals surface area contributed by atoms with Crippen molar-refractivity contribution >= 4 is 40.3 Å². The van der Waals surface area contributed by atoms with E-state index in [9.17, 15) is 9.18 Å². The summed E-state index contributed by atoms with van der Waals surface area (Å²) < 4.78 is 20.3. The fourth-order valence-corrected chi connectivity index (χ4v) is 5.25. The number of hydrogen-bond donors (Lipinski definition) is 1. The van der Waals surface area contributed by atoms with Gasteiger partial charge in [-0.15, -0.1) is 28.7 Å². The number of thioether (sulfide) groups is 1. The molecule has 1 amide bonds. The van der Waals surface area contributed by atoms with Crippen LogP contribution in [0.2, 0.25) is 0 Å². The van der Waals surface area contributed by atoms with Crippen LogP contribution in [0.15, 0.2) is 54.1 Å². The molecule has 4 nitrogen and oxygen atoms in total. The standard InChI is InChI=1S/C31H43FN2O2S.BrH/c1-2-3-4-5-6-7-8-9-10-11-12-13-21-36-30-28(18-15-19-29(30)32)31(35)33-27-17-14-16-26(23-27)24-34-20-22-37-25-34;/h14-20,22-23H,2-13,21,24-25H2,1H3,(H,33,35);1H. The molecule has 1 aliphatic heterocycles. The first-order chi connectivity index (χ1) is 18.2. The van der Waals surface area contributed by atoms with Gasteiger partial charge >= 0.3 is 0 Å². The highest BCUT2D eigenvalue weighted by molar-refractivity contribution is 8.93. The van der Waals surface area contributed by atoms with E-state index < -0.39 is 5.82 Å². The van der Waals surface area contributed by atoms with Crippen LogP contribution in [0, 0.1) is 5.82 Å². The topological polar surface area (TPSA) is 41.6 Å². The maximum atomic E-state index is 14.6. The van der Waals surface area contributed by atoms with Crippen LogP contribution in [0.4, 0.5) is 10.1 Å². The quantitative estimate of drug-likeness (QED) is 0.171. The minimum atomic E-state index is -0.501. The van der Waals surface area contributed by atoms with Gasteiger partial charge in [-0.3, -0.25) is 4.79 Å².